The maximum atomic E-state index is 13.3. The number of pyridine rings is 1. The van der Waals surface area contributed by atoms with Crippen LogP contribution in [0.2, 0.25) is 0 Å². The fourth-order valence-electron chi connectivity index (χ4n) is 4.21. The summed E-state index contributed by atoms with van der Waals surface area (Å²) in [5.41, 5.74) is 1.44. The number of β-lactam (4-membered cyclic amide) rings is 1. The minimum absolute atomic E-state index is 0.0191. The van der Waals surface area contributed by atoms with Crippen LogP contribution in [-0.2, 0) is 46.1 Å². The Bertz CT molecular complexity index is 2220. The van der Waals surface area contributed by atoms with Gasteiger partial charge in [-0.1, -0.05) is 11.2 Å². The van der Waals surface area contributed by atoms with Crippen LogP contribution in [0, 0.1) is 0 Å². The smallest absolute Gasteiger partial charge is 0.362 e. The van der Waals surface area contributed by atoms with Crippen molar-refractivity contribution in [3.63, 3.8) is 0 Å². The zero-order valence-electron chi connectivity index (χ0n) is 26.1. The normalized spacial score (nSPS) is 16.6. The number of amides is 3. The summed E-state index contributed by atoms with van der Waals surface area (Å²) in [7, 11) is -9.61. The van der Waals surface area contributed by atoms with Crippen LogP contribution in [0.3, 0.4) is 0 Å². The third-order valence-electron chi connectivity index (χ3n) is 6.97. The van der Waals surface area contributed by atoms with Gasteiger partial charge < -0.3 is 36.6 Å². The number of aliphatic carboxylic acids is 1. The number of nitrogens with zero attached hydrogens (tertiary/aromatic N) is 4. The lowest BCUT2D eigenvalue weighted by atomic mass is 9.98. The number of benzene rings is 1. The van der Waals surface area contributed by atoms with Crippen LogP contribution in [-0.4, -0.2) is 104 Å². The fraction of sp³-hybridized carbons (Fsp3) is 0.269. The molecule has 0 unspecified atom stereocenters. The number of carboxylic acid groups (broad SMARTS) is 1. The average molecular weight is 773 g/mol. The number of nitrogens with one attached hydrogen (secondary N) is 3. The molecule has 3 amide bonds. The standard InChI is InChI=1S/C26H28N8O14S3/c1-26(2,24(40)41)48-32-19(15-11-49-25(27)30-15)22(38)31-20-16(34(23(20)39)51(45,46)47)9-28-21(37)12-4-3-5-14(6-12)50(43,44)29-8-13-7-17(35)18(36)10-33(13)42/h3-7,10-11,16,20,29,36,42H,8-9H2,1-2H3,(H2,27,30)(H,28,37)(H,31,38)(H,40,41)(H,45,46,47)/b32-19-/t16-,20+/m1/s1. The molecule has 1 saturated heterocycles. The van der Waals surface area contributed by atoms with Crippen molar-refractivity contribution in [1.29, 1.82) is 0 Å². The highest BCUT2D eigenvalue weighted by Gasteiger charge is 2.54. The first-order valence-corrected chi connectivity index (χ1v) is 17.7. The van der Waals surface area contributed by atoms with Crippen molar-refractivity contribution < 1.29 is 60.8 Å². The van der Waals surface area contributed by atoms with Gasteiger partial charge in [0, 0.05) is 23.6 Å². The van der Waals surface area contributed by atoms with E-state index in [9.17, 15) is 60.8 Å². The lowest BCUT2D eigenvalue weighted by molar-refractivity contribution is -0.161. The van der Waals surface area contributed by atoms with E-state index in [1.165, 1.54) is 17.5 Å². The van der Waals surface area contributed by atoms with Gasteiger partial charge >= 0.3 is 16.3 Å². The summed E-state index contributed by atoms with van der Waals surface area (Å²) >= 11 is 0.875. The number of thiazole rings is 1. The molecule has 1 aliphatic rings. The molecule has 51 heavy (non-hydrogen) atoms. The van der Waals surface area contributed by atoms with E-state index in [0.717, 1.165) is 43.4 Å². The summed E-state index contributed by atoms with van der Waals surface area (Å²) in [6, 6.07) is 1.84. The van der Waals surface area contributed by atoms with E-state index in [2.05, 4.69) is 25.5 Å². The summed E-state index contributed by atoms with van der Waals surface area (Å²) in [6.07, 6.45) is 0.660. The van der Waals surface area contributed by atoms with Crippen LogP contribution in [0.4, 0.5) is 5.13 Å². The van der Waals surface area contributed by atoms with Gasteiger partial charge in [0.25, 0.3) is 17.7 Å². The number of hydrogen-bond acceptors (Lipinski definition) is 16. The van der Waals surface area contributed by atoms with Gasteiger partial charge in [-0.2, -0.15) is 13.1 Å². The van der Waals surface area contributed by atoms with E-state index in [1.807, 2.05) is 0 Å². The molecule has 22 nitrogen and oxygen atoms in total. The highest BCUT2D eigenvalue weighted by atomic mass is 32.2. The number of aromatic hydroxyl groups is 1. The number of oxime groups is 1. The average Bonchev–Trinajstić information content (AvgIpc) is 3.47. The number of nitrogens with two attached hydrogens (primary N) is 1. The monoisotopic (exact) mass is 772 g/mol. The van der Waals surface area contributed by atoms with Crippen LogP contribution in [0.5, 0.6) is 5.75 Å². The van der Waals surface area contributed by atoms with Crippen molar-refractivity contribution in [3.8, 4) is 5.75 Å². The molecule has 0 bridgehead atoms. The van der Waals surface area contributed by atoms with E-state index in [0.29, 0.717) is 10.9 Å². The molecule has 1 fully saturated rings. The lowest BCUT2D eigenvalue weighted by Gasteiger charge is -2.44. The van der Waals surface area contributed by atoms with Gasteiger partial charge in [-0.25, -0.2) is 27.2 Å². The predicted octanol–water partition coefficient (Wildman–Crippen LogP) is -2.18. The molecule has 3 aromatic rings. The zero-order chi connectivity index (χ0) is 38.1. The topological polar surface area (TPSA) is 339 Å². The molecule has 0 spiro atoms. The third-order valence-corrected chi connectivity index (χ3v) is 10.00. The fourth-order valence-corrected chi connectivity index (χ4v) is 6.68. The third kappa shape index (κ3) is 8.58. The first kappa shape index (κ1) is 38.2. The second kappa shape index (κ2) is 14.3. The number of anilines is 1. The minimum atomic E-state index is -5.22. The van der Waals surface area contributed by atoms with E-state index in [4.69, 9.17) is 10.6 Å². The summed E-state index contributed by atoms with van der Waals surface area (Å²) < 4.78 is 61.8. The summed E-state index contributed by atoms with van der Waals surface area (Å²) in [5, 5.41) is 37.8. The molecule has 0 aliphatic carbocycles. The Kier molecular flexibility index (Phi) is 10.7. The highest BCUT2D eigenvalue weighted by molar-refractivity contribution is 7.89. The first-order chi connectivity index (χ1) is 23.6. The van der Waals surface area contributed by atoms with Crippen LogP contribution >= 0.6 is 11.3 Å². The van der Waals surface area contributed by atoms with Crippen molar-refractivity contribution in [2.24, 2.45) is 5.16 Å². The number of nitrogen functional groups attached to an aromatic ring is 1. The second-order valence-corrected chi connectivity index (χ2v) is 14.9. The molecule has 2 aromatic heterocycles. The molecular weight excluding hydrogens is 745 g/mol. The SMILES string of the molecule is CC(C)(O/N=C(\C(=O)N[C@@H]1C(=O)N(S(=O)(=O)O)[C@@H]1CNC(=O)c1cccc(S(=O)(=O)NCc2cc(=O)c(O)cn2O)c1)c1csc(N)n1)C(=O)O. The second-order valence-electron chi connectivity index (χ2n) is 11.0. The van der Waals surface area contributed by atoms with Crippen molar-refractivity contribution in [2.75, 3.05) is 12.3 Å². The molecule has 9 N–H and O–H groups in total. The van der Waals surface area contributed by atoms with Crippen molar-refractivity contribution in [3.05, 3.63) is 69.1 Å². The van der Waals surface area contributed by atoms with Gasteiger partial charge in [-0.05, 0) is 32.0 Å². The molecule has 1 aliphatic heterocycles. The molecular formula is C26H28N8O14S3. The Balaban J connectivity index is 1.51. The van der Waals surface area contributed by atoms with E-state index in [-0.39, 0.29) is 26.4 Å². The number of carbonyl (C=O) groups is 4. The van der Waals surface area contributed by atoms with Crippen LogP contribution < -0.4 is 26.5 Å². The molecule has 0 radical (unpaired) electrons. The maximum absolute atomic E-state index is 13.3. The predicted molar refractivity (Wildman–Crippen MR) is 172 cm³/mol. The minimum Gasteiger partial charge on any atom is -0.503 e. The summed E-state index contributed by atoms with van der Waals surface area (Å²) in [6.45, 7) is 0.913. The van der Waals surface area contributed by atoms with Crippen LogP contribution in [0.15, 0.2) is 56.8 Å². The molecule has 2 atom stereocenters. The maximum Gasteiger partial charge on any atom is 0.362 e. The van der Waals surface area contributed by atoms with Crippen LogP contribution in [0.1, 0.15) is 35.6 Å². The summed E-state index contributed by atoms with van der Waals surface area (Å²) in [4.78, 5) is 70.6. The van der Waals surface area contributed by atoms with E-state index >= 15 is 0 Å². The largest absolute Gasteiger partial charge is 0.503 e. The Morgan fingerprint density at radius 3 is 2.45 bits per heavy atom. The molecule has 274 valence electrons. The van der Waals surface area contributed by atoms with E-state index in [1.54, 1.807) is 0 Å². The molecule has 0 saturated carbocycles. The van der Waals surface area contributed by atoms with Gasteiger partial charge in [0.1, 0.15) is 11.7 Å². The number of sulfonamides is 1. The first-order valence-electron chi connectivity index (χ1n) is 14.0. The number of carboxylic acids is 1. The number of hydrogen-bond donors (Lipinski definition) is 8. The van der Waals surface area contributed by atoms with E-state index < -0.39 is 96.6 Å². The highest BCUT2D eigenvalue weighted by Crippen LogP contribution is 2.24. The molecule has 25 heteroatoms. The van der Waals surface area contributed by atoms with Gasteiger partial charge in [-0.3, -0.25) is 23.7 Å². The Morgan fingerprint density at radius 1 is 1.16 bits per heavy atom. The van der Waals surface area contributed by atoms with Gasteiger partial charge in [0.2, 0.25) is 21.1 Å². The quantitative estimate of drug-likeness (QED) is 0.0284. The Hall–Kier alpha value is -5.63. The van der Waals surface area contributed by atoms with Gasteiger partial charge in [-0.15, -0.1) is 11.3 Å². The lowest BCUT2D eigenvalue weighted by Crippen LogP contribution is -2.74. The van der Waals surface area contributed by atoms with Crippen LogP contribution in [0.25, 0.3) is 0 Å². The number of aromatic nitrogens is 2. The van der Waals surface area contributed by atoms with Gasteiger partial charge in [0.05, 0.1) is 29.4 Å². The molecule has 1 aromatic carbocycles. The zero-order valence-corrected chi connectivity index (χ0v) is 28.5. The van der Waals surface area contributed by atoms with Crippen molar-refractivity contribution in [2.45, 2.75) is 43.0 Å². The summed E-state index contributed by atoms with van der Waals surface area (Å²) in [5.74, 6) is -5.76. The Morgan fingerprint density at radius 2 is 1.84 bits per heavy atom. The number of rotatable bonds is 14. The van der Waals surface area contributed by atoms with Crippen molar-refractivity contribution >= 4 is 66.2 Å². The molecule has 4 rings (SSSR count). The van der Waals surface area contributed by atoms with Gasteiger partial charge in [0.15, 0.2) is 16.6 Å². The number of carbonyl (C=O) groups excluding carboxylic acids is 3. The van der Waals surface area contributed by atoms with Crippen molar-refractivity contribution in [1.82, 2.24) is 29.4 Å². The Labute approximate surface area is 291 Å². The molecule has 3 heterocycles.